The molecule has 0 amide bonds. The van der Waals surface area contributed by atoms with Gasteiger partial charge in [0, 0.05) is 0 Å². The fourth-order valence-electron chi connectivity index (χ4n) is 1.73. The van der Waals surface area contributed by atoms with E-state index in [1.807, 2.05) is 31.1 Å². The Morgan fingerprint density at radius 1 is 1.17 bits per heavy atom. The summed E-state index contributed by atoms with van der Waals surface area (Å²) < 4.78 is 23.1. The van der Waals surface area contributed by atoms with E-state index in [1.54, 1.807) is 12.1 Å². The minimum atomic E-state index is -3.31. The molecule has 0 spiro atoms. The Morgan fingerprint density at radius 3 is 2.39 bits per heavy atom. The molecule has 0 saturated heterocycles. The summed E-state index contributed by atoms with van der Waals surface area (Å²) in [6.07, 6.45) is 0. The number of phenolic OH excluding ortho intramolecular Hbond substituents is 1. The van der Waals surface area contributed by atoms with Crippen LogP contribution in [0.4, 0.5) is 5.69 Å². The van der Waals surface area contributed by atoms with Crippen LogP contribution in [0.25, 0.3) is 10.8 Å². The number of aromatic hydroxyl groups is 1. The van der Waals surface area contributed by atoms with Crippen molar-refractivity contribution in [3.63, 3.8) is 0 Å². The second-order valence-corrected chi connectivity index (χ2v) is 8.81. The van der Waals surface area contributed by atoms with Gasteiger partial charge in [-0.25, -0.2) is 0 Å². The van der Waals surface area contributed by atoms with Crippen molar-refractivity contribution in [1.29, 1.82) is 0 Å². The molecule has 2 aromatic carbocycles. The molecule has 6 heteroatoms. The van der Waals surface area contributed by atoms with Crippen LogP contribution in [0.1, 0.15) is 0 Å². The van der Waals surface area contributed by atoms with Crippen molar-refractivity contribution in [3.05, 3.63) is 30.3 Å². The van der Waals surface area contributed by atoms with Crippen LogP contribution in [0.3, 0.4) is 0 Å². The van der Waals surface area contributed by atoms with E-state index < -0.39 is 7.54 Å². The first-order valence-electron chi connectivity index (χ1n) is 5.19. The van der Waals surface area contributed by atoms with Crippen molar-refractivity contribution >= 4 is 24.0 Å². The standard InChI is InChI=1S/C12H12NO3S.Mo/c1-13(2)9-3-4-11-8(5-9)6-10(17(15)16)7-12(11)14;/h3-7,14H,1-2H3;. The van der Waals surface area contributed by atoms with Crippen LogP contribution in [-0.2, 0) is 26.1 Å². The van der Waals surface area contributed by atoms with Crippen molar-refractivity contribution in [2.24, 2.45) is 0 Å². The summed E-state index contributed by atoms with van der Waals surface area (Å²) >= 11 is 1.05. The zero-order chi connectivity index (χ0) is 13.5. The number of hydrogen-bond acceptors (Lipinski definition) is 4. The van der Waals surface area contributed by atoms with Gasteiger partial charge in [-0.2, -0.15) is 0 Å². The van der Waals surface area contributed by atoms with E-state index in [9.17, 15) is 13.5 Å². The zero-order valence-electron chi connectivity index (χ0n) is 9.91. The van der Waals surface area contributed by atoms with E-state index in [2.05, 4.69) is 0 Å². The predicted molar refractivity (Wildman–Crippen MR) is 67.1 cm³/mol. The molecule has 95 valence electrons. The van der Waals surface area contributed by atoms with E-state index in [4.69, 9.17) is 0 Å². The Bertz CT molecular complexity index is 711. The van der Waals surface area contributed by atoms with Crippen LogP contribution in [0.5, 0.6) is 5.75 Å². The Balaban J connectivity index is 2.77. The van der Waals surface area contributed by atoms with Crippen LogP contribution in [-0.4, -0.2) is 27.6 Å². The fraction of sp³-hybridized carbons (Fsp3) is 0.167. The molecule has 0 saturated carbocycles. The molecule has 0 heterocycles. The molecular formula is C12H12MoNO3S. The van der Waals surface area contributed by atoms with E-state index in [0.29, 0.717) is 10.8 Å². The van der Waals surface area contributed by atoms with Gasteiger partial charge in [0.05, 0.1) is 0 Å². The van der Waals surface area contributed by atoms with Gasteiger partial charge >= 0.3 is 116 Å². The summed E-state index contributed by atoms with van der Waals surface area (Å²) in [6.45, 7) is 0. The second-order valence-electron chi connectivity index (χ2n) is 4.20. The first kappa shape index (κ1) is 13.4. The van der Waals surface area contributed by atoms with E-state index in [-0.39, 0.29) is 10.6 Å². The van der Waals surface area contributed by atoms with Crippen molar-refractivity contribution < 1.29 is 32.1 Å². The van der Waals surface area contributed by atoms with Crippen molar-refractivity contribution in [3.8, 4) is 5.75 Å². The first-order valence-corrected chi connectivity index (χ1v) is 9.05. The van der Waals surface area contributed by atoms with Gasteiger partial charge in [-0.3, -0.25) is 0 Å². The number of fused-ring (bicyclic) bond motifs is 1. The number of rotatable bonds is 2. The maximum atomic E-state index is 11.5. The van der Waals surface area contributed by atoms with Crippen LogP contribution in [0, 0.1) is 0 Å². The molecule has 0 aliphatic rings. The van der Waals surface area contributed by atoms with E-state index in [0.717, 1.165) is 24.2 Å². The van der Waals surface area contributed by atoms with E-state index in [1.165, 1.54) is 6.07 Å². The summed E-state index contributed by atoms with van der Waals surface area (Å²) in [5.74, 6) is -0.0139. The summed E-state index contributed by atoms with van der Waals surface area (Å²) in [5, 5.41) is 11.2. The van der Waals surface area contributed by atoms with Crippen LogP contribution >= 0.6 is 0 Å². The molecule has 0 unspecified atom stereocenters. The monoisotopic (exact) mass is 348 g/mol. The summed E-state index contributed by atoms with van der Waals surface area (Å²) in [6, 6.07) is 8.38. The third-order valence-electron chi connectivity index (χ3n) is 2.69. The van der Waals surface area contributed by atoms with Gasteiger partial charge in [0.15, 0.2) is 0 Å². The number of hydrogen-bond donors (Lipinski definition) is 1. The number of phenols is 1. The third kappa shape index (κ3) is 2.52. The maximum absolute atomic E-state index is 11.5. The molecule has 0 aromatic heterocycles. The van der Waals surface area contributed by atoms with Crippen molar-refractivity contribution in [2.75, 3.05) is 19.0 Å². The normalized spacial score (nSPS) is 11.7. The molecule has 0 fully saturated rings. The molecule has 0 aliphatic heterocycles. The minimum absolute atomic E-state index is 0.0139. The number of nitrogens with zero attached hydrogens (tertiary/aromatic N) is 1. The van der Waals surface area contributed by atoms with Gasteiger partial charge in [-0.1, -0.05) is 0 Å². The van der Waals surface area contributed by atoms with Gasteiger partial charge in [0.2, 0.25) is 0 Å². The van der Waals surface area contributed by atoms with Gasteiger partial charge < -0.3 is 0 Å². The molecule has 0 bridgehead atoms. The Hall–Kier alpha value is -1.06. The topological polar surface area (TPSA) is 57.6 Å². The molecule has 2 rings (SSSR count). The third-order valence-corrected chi connectivity index (χ3v) is 4.93. The molecular weight excluding hydrogens is 334 g/mol. The quantitative estimate of drug-likeness (QED) is 0.844. The predicted octanol–water partition coefficient (Wildman–Crippen LogP) is 1.85. The van der Waals surface area contributed by atoms with Crippen LogP contribution in [0.2, 0.25) is 0 Å². The summed E-state index contributed by atoms with van der Waals surface area (Å²) in [7, 11) is 0.496. The van der Waals surface area contributed by atoms with Gasteiger partial charge in [0.25, 0.3) is 0 Å². The number of anilines is 1. The number of benzene rings is 2. The molecule has 4 nitrogen and oxygen atoms in total. The van der Waals surface area contributed by atoms with Gasteiger partial charge in [-0.05, 0) is 0 Å². The molecule has 2 aromatic rings. The van der Waals surface area contributed by atoms with Gasteiger partial charge in [0.1, 0.15) is 0 Å². The molecule has 0 radical (unpaired) electrons. The summed E-state index contributed by atoms with van der Waals surface area (Å²) in [5.41, 5.74) is 0.952. The fourth-order valence-corrected chi connectivity index (χ4v) is 2.97. The Labute approximate surface area is 116 Å². The molecule has 18 heavy (non-hydrogen) atoms. The Kier molecular flexibility index (Phi) is 3.39. The second kappa shape index (κ2) is 4.56. The van der Waals surface area contributed by atoms with Gasteiger partial charge in [-0.15, -0.1) is 0 Å². The van der Waals surface area contributed by atoms with E-state index >= 15 is 0 Å². The SMILES string of the molecule is CN(C)c1ccc2c(O)cc([S](=O)(=O)[Mo])cc2c1. The van der Waals surface area contributed by atoms with Crippen molar-refractivity contribution in [2.45, 2.75) is 4.90 Å². The molecule has 1 N–H and O–H groups in total. The average Bonchev–Trinajstić information content (AvgIpc) is 2.26. The zero-order valence-corrected chi connectivity index (χ0v) is 12.7. The summed E-state index contributed by atoms with van der Waals surface area (Å²) in [4.78, 5) is 2.05. The average molecular weight is 346 g/mol. The first-order chi connectivity index (χ1) is 8.29. The molecule has 0 aliphatic carbocycles. The molecule has 0 atom stereocenters. The Morgan fingerprint density at radius 2 is 1.83 bits per heavy atom. The van der Waals surface area contributed by atoms with Crippen LogP contribution in [0.15, 0.2) is 35.2 Å². The van der Waals surface area contributed by atoms with Crippen LogP contribution < -0.4 is 4.90 Å². The van der Waals surface area contributed by atoms with Crippen molar-refractivity contribution in [1.82, 2.24) is 0 Å².